The summed E-state index contributed by atoms with van der Waals surface area (Å²) < 4.78 is 5.69. The van der Waals surface area contributed by atoms with Gasteiger partial charge in [-0.15, -0.1) is 11.3 Å². The van der Waals surface area contributed by atoms with Gasteiger partial charge in [-0.2, -0.15) is 0 Å². The van der Waals surface area contributed by atoms with Crippen LogP contribution in [0.15, 0.2) is 0 Å². The Bertz CT molecular complexity index is 465. The van der Waals surface area contributed by atoms with Crippen molar-refractivity contribution in [3.05, 3.63) is 15.6 Å². The first-order valence-corrected chi connectivity index (χ1v) is 8.05. The Morgan fingerprint density at radius 2 is 2.16 bits per heavy atom. The van der Waals surface area contributed by atoms with E-state index in [1.165, 1.54) is 34.8 Å². The third-order valence-electron chi connectivity index (χ3n) is 4.36. The van der Waals surface area contributed by atoms with Crippen LogP contribution in [-0.2, 0) is 11.2 Å². The highest BCUT2D eigenvalue weighted by atomic mass is 32.1. The number of thiazole rings is 1. The average Bonchev–Trinajstić information content (AvgIpc) is 3.09. The number of methoxy groups -OCH3 is 1. The van der Waals surface area contributed by atoms with E-state index in [2.05, 4.69) is 26.2 Å². The monoisotopic (exact) mass is 280 g/mol. The molecule has 0 aliphatic heterocycles. The quantitative estimate of drug-likeness (QED) is 0.917. The molecule has 1 saturated carbocycles. The fourth-order valence-corrected chi connectivity index (χ4v) is 4.57. The standard InChI is InChI=1S/C15H24N2OS/c1-15(2)7-10(16-3)13-11(8-15)17-14(19-13)12(18-4)9-5-6-9/h9-10,12,16H,5-8H2,1-4H3. The predicted molar refractivity (Wildman–Crippen MR) is 78.5 cm³/mol. The lowest BCUT2D eigenvalue weighted by molar-refractivity contribution is 0.0841. The molecule has 0 saturated heterocycles. The molecule has 1 N–H and O–H groups in total. The van der Waals surface area contributed by atoms with Crippen LogP contribution < -0.4 is 5.32 Å². The summed E-state index contributed by atoms with van der Waals surface area (Å²) in [7, 11) is 3.88. The van der Waals surface area contributed by atoms with E-state index in [4.69, 9.17) is 9.72 Å². The predicted octanol–water partition coefficient (Wildman–Crippen LogP) is 3.47. The van der Waals surface area contributed by atoms with Gasteiger partial charge in [-0.25, -0.2) is 4.98 Å². The summed E-state index contributed by atoms with van der Waals surface area (Å²) in [5.74, 6) is 0.707. The molecule has 4 heteroatoms. The maximum atomic E-state index is 5.69. The molecule has 0 amide bonds. The first kappa shape index (κ1) is 13.5. The minimum Gasteiger partial charge on any atom is -0.374 e. The molecule has 2 unspecified atom stereocenters. The highest BCUT2D eigenvalue weighted by Gasteiger charge is 2.38. The smallest absolute Gasteiger partial charge is 0.122 e. The van der Waals surface area contributed by atoms with E-state index in [-0.39, 0.29) is 6.10 Å². The van der Waals surface area contributed by atoms with E-state index in [9.17, 15) is 0 Å². The van der Waals surface area contributed by atoms with Crippen LogP contribution in [0.2, 0.25) is 0 Å². The Balaban J connectivity index is 1.92. The molecule has 0 radical (unpaired) electrons. The van der Waals surface area contributed by atoms with Crippen LogP contribution in [0.3, 0.4) is 0 Å². The van der Waals surface area contributed by atoms with Gasteiger partial charge in [-0.3, -0.25) is 0 Å². The van der Waals surface area contributed by atoms with Crippen molar-refractivity contribution >= 4 is 11.3 Å². The summed E-state index contributed by atoms with van der Waals surface area (Å²) in [6.07, 6.45) is 5.11. The molecule has 2 aliphatic carbocycles. The fraction of sp³-hybridized carbons (Fsp3) is 0.800. The van der Waals surface area contributed by atoms with Crippen molar-refractivity contribution < 1.29 is 4.74 Å². The molecule has 1 heterocycles. The van der Waals surface area contributed by atoms with Gasteiger partial charge in [0.05, 0.1) is 5.69 Å². The minimum absolute atomic E-state index is 0.233. The molecule has 1 aromatic rings. The first-order valence-electron chi connectivity index (χ1n) is 7.23. The highest BCUT2D eigenvalue weighted by Crippen LogP contribution is 2.48. The Morgan fingerprint density at radius 3 is 2.74 bits per heavy atom. The van der Waals surface area contributed by atoms with E-state index >= 15 is 0 Å². The van der Waals surface area contributed by atoms with Crippen LogP contribution >= 0.6 is 11.3 Å². The van der Waals surface area contributed by atoms with E-state index in [1.807, 2.05) is 18.4 Å². The molecule has 1 fully saturated rings. The van der Waals surface area contributed by atoms with Gasteiger partial charge in [-0.05, 0) is 44.1 Å². The Morgan fingerprint density at radius 1 is 1.42 bits per heavy atom. The van der Waals surface area contributed by atoms with Crippen molar-refractivity contribution in [3.63, 3.8) is 0 Å². The van der Waals surface area contributed by atoms with E-state index in [0.717, 1.165) is 6.42 Å². The van der Waals surface area contributed by atoms with E-state index in [0.29, 0.717) is 17.4 Å². The topological polar surface area (TPSA) is 34.2 Å². The van der Waals surface area contributed by atoms with E-state index < -0.39 is 0 Å². The van der Waals surface area contributed by atoms with Crippen LogP contribution in [0, 0.1) is 11.3 Å². The zero-order chi connectivity index (χ0) is 13.6. The molecular formula is C15H24N2OS. The number of nitrogens with one attached hydrogen (secondary N) is 1. The number of aromatic nitrogens is 1. The molecule has 1 aromatic heterocycles. The molecule has 19 heavy (non-hydrogen) atoms. The molecule has 3 rings (SSSR count). The van der Waals surface area contributed by atoms with Gasteiger partial charge in [0.15, 0.2) is 0 Å². The third kappa shape index (κ3) is 2.58. The molecule has 0 aromatic carbocycles. The van der Waals surface area contributed by atoms with Crippen LogP contribution in [-0.4, -0.2) is 19.1 Å². The van der Waals surface area contributed by atoms with Crippen LogP contribution in [0.1, 0.15) is 60.8 Å². The molecule has 0 spiro atoms. The minimum atomic E-state index is 0.233. The number of nitrogens with zero attached hydrogens (tertiary/aromatic N) is 1. The van der Waals surface area contributed by atoms with Crippen LogP contribution in [0.4, 0.5) is 0 Å². The third-order valence-corrected chi connectivity index (χ3v) is 5.63. The molecule has 2 aliphatic rings. The fourth-order valence-electron chi connectivity index (χ4n) is 3.20. The zero-order valence-electron chi connectivity index (χ0n) is 12.3. The normalized spacial score (nSPS) is 27.1. The lowest BCUT2D eigenvalue weighted by atomic mass is 9.76. The second-order valence-electron chi connectivity index (χ2n) is 6.74. The van der Waals surface area contributed by atoms with Crippen LogP contribution in [0.25, 0.3) is 0 Å². The lowest BCUT2D eigenvalue weighted by Crippen LogP contribution is -2.30. The van der Waals surface area contributed by atoms with Crippen molar-refractivity contribution in [2.45, 2.75) is 51.7 Å². The summed E-state index contributed by atoms with van der Waals surface area (Å²) in [5, 5.41) is 4.66. The summed E-state index contributed by atoms with van der Waals surface area (Å²) in [5.41, 5.74) is 1.65. The summed E-state index contributed by atoms with van der Waals surface area (Å²) in [4.78, 5) is 6.37. The number of ether oxygens (including phenoxy) is 1. The molecule has 2 atom stereocenters. The van der Waals surface area contributed by atoms with Gasteiger partial charge in [0.25, 0.3) is 0 Å². The first-order chi connectivity index (χ1) is 9.04. The van der Waals surface area contributed by atoms with Gasteiger partial charge in [0.1, 0.15) is 11.1 Å². The Labute approximate surface area is 119 Å². The van der Waals surface area contributed by atoms with Gasteiger partial charge >= 0.3 is 0 Å². The van der Waals surface area contributed by atoms with Gasteiger partial charge in [-0.1, -0.05) is 13.8 Å². The van der Waals surface area contributed by atoms with Crippen molar-refractivity contribution in [1.29, 1.82) is 0 Å². The summed E-state index contributed by atoms with van der Waals surface area (Å²) >= 11 is 1.87. The molecular weight excluding hydrogens is 256 g/mol. The van der Waals surface area contributed by atoms with Crippen molar-refractivity contribution in [1.82, 2.24) is 10.3 Å². The number of hydrogen-bond donors (Lipinski definition) is 1. The van der Waals surface area contributed by atoms with Gasteiger partial charge in [0.2, 0.25) is 0 Å². The molecule has 3 nitrogen and oxygen atoms in total. The van der Waals surface area contributed by atoms with Gasteiger partial charge < -0.3 is 10.1 Å². The van der Waals surface area contributed by atoms with Crippen molar-refractivity contribution in [2.75, 3.05) is 14.2 Å². The maximum absolute atomic E-state index is 5.69. The molecule has 0 bridgehead atoms. The largest absolute Gasteiger partial charge is 0.374 e. The maximum Gasteiger partial charge on any atom is 0.122 e. The highest BCUT2D eigenvalue weighted by molar-refractivity contribution is 7.12. The second-order valence-corrected chi connectivity index (χ2v) is 7.81. The number of rotatable bonds is 4. The van der Waals surface area contributed by atoms with Crippen molar-refractivity contribution in [2.24, 2.45) is 11.3 Å². The summed E-state index contributed by atoms with van der Waals surface area (Å²) in [6.45, 7) is 4.68. The SMILES string of the molecule is CNC1CC(C)(C)Cc2nc(C(OC)C3CC3)sc21. The Kier molecular flexibility index (Phi) is 3.44. The molecule has 106 valence electrons. The zero-order valence-corrected chi connectivity index (χ0v) is 13.1. The average molecular weight is 280 g/mol. The van der Waals surface area contributed by atoms with E-state index in [1.54, 1.807) is 0 Å². The lowest BCUT2D eigenvalue weighted by Gasteiger charge is -2.34. The second kappa shape index (κ2) is 4.83. The summed E-state index contributed by atoms with van der Waals surface area (Å²) in [6, 6.07) is 0.460. The number of hydrogen-bond acceptors (Lipinski definition) is 4. The van der Waals surface area contributed by atoms with Crippen molar-refractivity contribution in [3.8, 4) is 0 Å². The Hall–Kier alpha value is -0.450. The number of fused-ring (bicyclic) bond motifs is 1. The van der Waals surface area contributed by atoms with Crippen LogP contribution in [0.5, 0.6) is 0 Å². The van der Waals surface area contributed by atoms with Gasteiger partial charge in [0, 0.05) is 18.0 Å².